The zero-order valence-electron chi connectivity index (χ0n) is 14.7. The van der Waals surface area contributed by atoms with Gasteiger partial charge in [-0.15, -0.1) is 0 Å². The lowest BCUT2D eigenvalue weighted by atomic mass is 10.1. The van der Waals surface area contributed by atoms with Crippen LogP contribution in [0.4, 0.5) is 0 Å². The molecular formula is C18H28N4O2. The van der Waals surface area contributed by atoms with Crippen molar-refractivity contribution in [2.75, 3.05) is 33.3 Å². The van der Waals surface area contributed by atoms with Gasteiger partial charge in [-0.25, -0.2) is 4.99 Å². The predicted molar refractivity (Wildman–Crippen MR) is 96.2 cm³/mol. The quantitative estimate of drug-likeness (QED) is 0.615. The van der Waals surface area contributed by atoms with E-state index in [9.17, 15) is 4.79 Å². The van der Waals surface area contributed by atoms with Crippen LogP contribution in [0, 0.1) is 0 Å². The molecule has 1 heterocycles. The summed E-state index contributed by atoms with van der Waals surface area (Å²) in [4.78, 5) is 18.7. The van der Waals surface area contributed by atoms with Gasteiger partial charge < -0.3 is 20.3 Å². The molecule has 1 aromatic rings. The summed E-state index contributed by atoms with van der Waals surface area (Å²) in [6.07, 6.45) is 3.43. The molecule has 2 N–H and O–H groups in total. The molecule has 0 unspecified atom stereocenters. The molecule has 0 radical (unpaired) electrons. The summed E-state index contributed by atoms with van der Waals surface area (Å²) in [7, 11) is 1.66. The molecule has 1 fully saturated rings. The number of piperidine rings is 1. The van der Waals surface area contributed by atoms with Crippen LogP contribution in [-0.4, -0.2) is 50.1 Å². The van der Waals surface area contributed by atoms with Crippen molar-refractivity contribution < 1.29 is 9.53 Å². The number of likely N-dealkylation sites (tertiary alicyclic amines) is 1. The van der Waals surface area contributed by atoms with Gasteiger partial charge in [-0.3, -0.25) is 4.79 Å². The van der Waals surface area contributed by atoms with Crippen LogP contribution < -0.4 is 15.4 Å². The molecule has 0 aliphatic carbocycles. The lowest BCUT2D eigenvalue weighted by Gasteiger charge is -2.27. The van der Waals surface area contributed by atoms with Crippen LogP contribution in [-0.2, 0) is 11.3 Å². The number of ether oxygens (including phenoxy) is 1. The third-order valence-electron chi connectivity index (χ3n) is 4.06. The Labute approximate surface area is 144 Å². The molecule has 6 heteroatoms. The second kappa shape index (κ2) is 9.80. The number of aliphatic imine (C=N–C) groups is 1. The van der Waals surface area contributed by atoms with Gasteiger partial charge in [-0.1, -0.05) is 18.2 Å². The van der Waals surface area contributed by atoms with E-state index in [2.05, 4.69) is 15.6 Å². The molecule has 1 saturated heterocycles. The number of amides is 1. The van der Waals surface area contributed by atoms with Gasteiger partial charge in [0.25, 0.3) is 0 Å². The van der Waals surface area contributed by atoms with Gasteiger partial charge in [0.15, 0.2) is 5.96 Å². The Bertz CT molecular complexity index is 554. The Balaban J connectivity index is 1.91. The van der Waals surface area contributed by atoms with Crippen LogP contribution >= 0.6 is 0 Å². The number of hydrogen-bond acceptors (Lipinski definition) is 3. The van der Waals surface area contributed by atoms with Crippen LogP contribution in [0.25, 0.3) is 0 Å². The smallest absolute Gasteiger partial charge is 0.241 e. The summed E-state index contributed by atoms with van der Waals surface area (Å²) in [6.45, 7) is 5.27. The molecule has 0 bridgehead atoms. The van der Waals surface area contributed by atoms with Crippen molar-refractivity contribution in [2.45, 2.75) is 32.7 Å². The number of para-hydroxylation sites is 1. The third-order valence-corrected chi connectivity index (χ3v) is 4.06. The van der Waals surface area contributed by atoms with Crippen LogP contribution in [0.3, 0.4) is 0 Å². The Morgan fingerprint density at radius 3 is 2.67 bits per heavy atom. The van der Waals surface area contributed by atoms with Crippen molar-refractivity contribution in [3.8, 4) is 5.75 Å². The Kier molecular flexibility index (Phi) is 7.39. The van der Waals surface area contributed by atoms with Crippen molar-refractivity contribution in [3.05, 3.63) is 29.8 Å². The highest BCUT2D eigenvalue weighted by Crippen LogP contribution is 2.17. The van der Waals surface area contributed by atoms with Gasteiger partial charge >= 0.3 is 0 Å². The molecule has 1 amide bonds. The van der Waals surface area contributed by atoms with Crippen molar-refractivity contribution in [1.29, 1.82) is 0 Å². The van der Waals surface area contributed by atoms with E-state index >= 15 is 0 Å². The van der Waals surface area contributed by atoms with Crippen LogP contribution in [0.5, 0.6) is 5.75 Å². The maximum absolute atomic E-state index is 12.2. The topological polar surface area (TPSA) is 66.0 Å². The number of carbonyl (C=O) groups excluding carboxylic acids is 1. The summed E-state index contributed by atoms with van der Waals surface area (Å²) >= 11 is 0. The third kappa shape index (κ3) is 5.44. The number of hydrogen-bond donors (Lipinski definition) is 2. The number of nitrogens with one attached hydrogen (secondary N) is 2. The molecule has 0 saturated carbocycles. The van der Waals surface area contributed by atoms with E-state index < -0.39 is 0 Å². The van der Waals surface area contributed by atoms with Gasteiger partial charge in [0.2, 0.25) is 5.91 Å². The molecule has 1 aliphatic heterocycles. The Hall–Kier alpha value is -2.24. The lowest BCUT2D eigenvalue weighted by molar-refractivity contribution is -0.130. The molecule has 0 aromatic heterocycles. The SMILES string of the molecule is CCNC(=NCc1ccccc1OC)NCC(=O)N1CCCCC1. The average molecular weight is 332 g/mol. The van der Waals surface area contributed by atoms with E-state index in [-0.39, 0.29) is 12.5 Å². The van der Waals surface area contributed by atoms with E-state index in [1.54, 1.807) is 7.11 Å². The highest BCUT2D eigenvalue weighted by molar-refractivity contribution is 5.86. The number of methoxy groups -OCH3 is 1. The second-order valence-corrected chi connectivity index (χ2v) is 5.80. The fourth-order valence-electron chi connectivity index (χ4n) is 2.75. The molecule has 0 atom stereocenters. The second-order valence-electron chi connectivity index (χ2n) is 5.80. The normalized spacial score (nSPS) is 15.1. The van der Waals surface area contributed by atoms with Gasteiger partial charge in [-0.05, 0) is 32.3 Å². The van der Waals surface area contributed by atoms with Gasteiger partial charge in [0.05, 0.1) is 20.2 Å². The number of nitrogens with zero attached hydrogens (tertiary/aromatic N) is 2. The van der Waals surface area contributed by atoms with Gasteiger partial charge in [0.1, 0.15) is 5.75 Å². The minimum absolute atomic E-state index is 0.137. The number of benzene rings is 1. The minimum Gasteiger partial charge on any atom is -0.496 e. The van der Waals surface area contributed by atoms with Crippen LogP contribution in [0.1, 0.15) is 31.7 Å². The average Bonchev–Trinajstić information content (AvgIpc) is 2.64. The molecule has 0 spiro atoms. The van der Waals surface area contributed by atoms with Crippen molar-refractivity contribution in [1.82, 2.24) is 15.5 Å². The largest absolute Gasteiger partial charge is 0.496 e. The summed E-state index contributed by atoms with van der Waals surface area (Å²) < 4.78 is 5.34. The van der Waals surface area contributed by atoms with Crippen molar-refractivity contribution in [3.63, 3.8) is 0 Å². The Morgan fingerprint density at radius 2 is 1.96 bits per heavy atom. The highest BCUT2D eigenvalue weighted by atomic mass is 16.5. The minimum atomic E-state index is 0.137. The van der Waals surface area contributed by atoms with Crippen LogP contribution in [0.15, 0.2) is 29.3 Å². The molecule has 2 rings (SSSR count). The molecular weight excluding hydrogens is 304 g/mol. The van der Waals surface area contributed by atoms with E-state index in [4.69, 9.17) is 4.74 Å². The fraction of sp³-hybridized carbons (Fsp3) is 0.556. The number of guanidine groups is 1. The maximum atomic E-state index is 12.2. The fourth-order valence-corrected chi connectivity index (χ4v) is 2.75. The summed E-state index contributed by atoms with van der Waals surface area (Å²) in [5.41, 5.74) is 1.01. The zero-order valence-corrected chi connectivity index (χ0v) is 14.7. The van der Waals surface area contributed by atoms with Gasteiger partial charge in [-0.2, -0.15) is 0 Å². The monoisotopic (exact) mass is 332 g/mol. The molecule has 24 heavy (non-hydrogen) atoms. The number of carbonyl (C=O) groups is 1. The predicted octanol–water partition coefficient (Wildman–Crippen LogP) is 1.76. The van der Waals surface area contributed by atoms with Crippen molar-refractivity contribution >= 4 is 11.9 Å². The zero-order chi connectivity index (χ0) is 17.2. The molecule has 132 valence electrons. The van der Waals surface area contributed by atoms with E-state index in [1.165, 1.54) is 6.42 Å². The lowest BCUT2D eigenvalue weighted by Crippen LogP contribution is -2.46. The highest BCUT2D eigenvalue weighted by Gasteiger charge is 2.16. The Morgan fingerprint density at radius 1 is 1.21 bits per heavy atom. The number of rotatable bonds is 6. The maximum Gasteiger partial charge on any atom is 0.241 e. The van der Waals surface area contributed by atoms with Crippen LogP contribution in [0.2, 0.25) is 0 Å². The molecule has 1 aliphatic rings. The first-order chi connectivity index (χ1) is 11.7. The summed E-state index contributed by atoms with van der Waals surface area (Å²) in [5, 5.41) is 6.31. The van der Waals surface area contributed by atoms with E-state index in [0.717, 1.165) is 43.8 Å². The van der Waals surface area contributed by atoms with E-state index in [0.29, 0.717) is 12.5 Å². The summed E-state index contributed by atoms with van der Waals surface area (Å²) in [5.74, 6) is 1.60. The molecule has 6 nitrogen and oxygen atoms in total. The van der Waals surface area contributed by atoms with Gasteiger partial charge in [0, 0.05) is 25.2 Å². The molecule has 1 aromatic carbocycles. The standard InChI is InChI=1S/C18H28N4O2/c1-3-19-18(20-13-15-9-5-6-10-16(15)24-2)21-14-17(23)22-11-7-4-8-12-22/h5-6,9-10H,3-4,7-8,11-14H2,1-2H3,(H2,19,20,21). The first kappa shape index (κ1) is 18.1. The summed E-state index contributed by atoms with van der Waals surface area (Å²) in [6, 6.07) is 7.82. The van der Waals surface area contributed by atoms with E-state index in [1.807, 2.05) is 36.1 Å². The first-order valence-corrected chi connectivity index (χ1v) is 8.66. The van der Waals surface area contributed by atoms with Crippen molar-refractivity contribution in [2.24, 2.45) is 4.99 Å². The first-order valence-electron chi connectivity index (χ1n) is 8.66.